The Morgan fingerprint density at radius 1 is 1.20 bits per heavy atom. The minimum atomic E-state index is -0.420. The predicted molar refractivity (Wildman–Crippen MR) is 85.4 cm³/mol. The van der Waals surface area contributed by atoms with Crippen molar-refractivity contribution >= 4 is 31.9 Å². The van der Waals surface area contributed by atoms with E-state index in [2.05, 4.69) is 31.9 Å². The molecule has 5 heteroatoms. The molecule has 0 saturated carbocycles. The summed E-state index contributed by atoms with van der Waals surface area (Å²) in [5.41, 5.74) is 7.61. The number of hydrogen-bond acceptors (Lipinski definition) is 2. The van der Waals surface area contributed by atoms with Crippen LogP contribution in [0.3, 0.4) is 0 Å². The molecule has 2 aromatic carbocycles. The third-order valence-electron chi connectivity index (χ3n) is 3.05. The van der Waals surface area contributed by atoms with Crippen LogP contribution in [0.25, 0.3) is 0 Å². The van der Waals surface area contributed by atoms with Gasteiger partial charge < -0.3 is 10.5 Å². The highest BCUT2D eigenvalue weighted by molar-refractivity contribution is 9.10. The van der Waals surface area contributed by atoms with E-state index >= 15 is 0 Å². The fourth-order valence-electron chi connectivity index (χ4n) is 1.98. The zero-order chi connectivity index (χ0) is 14.7. The zero-order valence-corrected chi connectivity index (χ0v) is 14.0. The van der Waals surface area contributed by atoms with Gasteiger partial charge in [0.05, 0.1) is 7.11 Å². The molecule has 0 radical (unpaired) electrons. The highest BCUT2D eigenvalue weighted by Crippen LogP contribution is 2.28. The Bertz CT molecular complexity index is 619. The van der Waals surface area contributed by atoms with Crippen molar-refractivity contribution in [1.29, 1.82) is 0 Å². The van der Waals surface area contributed by atoms with Gasteiger partial charge in [0, 0.05) is 20.6 Å². The summed E-state index contributed by atoms with van der Waals surface area (Å²) in [5.74, 6) is 0.463. The van der Waals surface area contributed by atoms with Gasteiger partial charge in [-0.05, 0) is 48.4 Å². The maximum atomic E-state index is 13.8. The maximum absolute atomic E-state index is 13.8. The molecule has 0 saturated heterocycles. The minimum absolute atomic E-state index is 0.292. The number of benzene rings is 2. The lowest BCUT2D eigenvalue weighted by atomic mass is 9.99. The molecule has 0 aromatic heterocycles. The molecule has 1 unspecified atom stereocenters. The Kier molecular flexibility index (Phi) is 5.18. The second-order valence-electron chi connectivity index (χ2n) is 4.43. The van der Waals surface area contributed by atoms with Crippen molar-refractivity contribution in [2.24, 2.45) is 5.73 Å². The number of hydrogen-bond donors (Lipinski definition) is 1. The van der Waals surface area contributed by atoms with Crippen LogP contribution in [0.1, 0.15) is 17.2 Å². The topological polar surface area (TPSA) is 35.2 Å². The lowest BCUT2D eigenvalue weighted by Gasteiger charge is -2.15. The average Bonchev–Trinajstić information content (AvgIpc) is 2.43. The largest absolute Gasteiger partial charge is 0.497 e. The molecule has 0 amide bonds. The van der Waals surface area contributed by atoms with E-state index in [1.54, 1.807) is 19.2 Å². The molecule has 2 rings (SSSR count). The first-order valence-electron chi connectivity index (χ1n) is 6.04. The Morgan fingerprint density at radius 2 is 1.95 bits per heavy atom. The molecule has 0 aliphatic rings. The van der Waals surface area contributed by atoms with Crippen molar-refractivity contribution in [3.05, 3.63) is 62.3 Å². The normalized spacial score (nSPS) is 12.2. The molecule has 0 aliphatic heterocycles. The number of rotatable bonds is 4. The van der Waals surface area contributed by atoms with E-state index in [1.807, 2.05) is 18.2 Å². The average molecular weight is 403 g/mol. The summed E-state index contributed by atoms with van der Waals surface area (Å²) in [7, 11) is 1.61. The van der Waals surface area contributed by atoms with Crippen LogP contribution in [-0.2, 0) is 6.42 Å². The van der Waals surface area contributed by atoms with Crippen molar-refractivity contribution in [3.8, 4) is 5.75 Å². The fraction of sp³-hybridized carbons (Fsp3) is 0.200. The molecule has 0 bridgehead atoms. The van der Waals surface area contributed by atoms with Gasteiger partial charge in [-0.3, -0.25) is 0 Å². The first-order valence-corrected chi connectivity index (χ1v) is 7.63. The third kappa shape index (κ3) is 3.59. The Morgan fingerprint density at radius 3 is 2.65 bits per heavy atom. The first-order chi connectivity index (χ1) is 9.51. The standard InChI is InChI=1S/C15H14Br2FNO/c1-20-11-3-4-13(17)9(6-11)7-15(19)12-8-10(16)2-5-14(12)18/h2-6,8,15H,7,19H2,1H3. The minimum Gasteiger partial charge on any atom is -0.497 e. The van der Waals surface area contributed by atoms with Crippen molar-refractivity contribution in [1.82, 2.24) is 0 Å². The third-order valence-corrected chi connectivity index (χ3v) is 4.32. The van der Waals surface area contributed by atoms with E-state index in [1.165, 1.54) is 6.07 Å². The number of ether oxygens (including phenoxy) is 1. The van der Waals surface area contributed by atoms with Gasteiger partial charge in [0.1, 0.15) is 11.6 Å². The maximum Gasteiger partial charge on any atom is 0.128 e. The van der Waals surface area contributed by atoms with Crippen LogP contribution in [0, 0.1) is 5.82 Å². The Hall–Kier alpha value is -0.910. The monoisotopic (exact) mass is 401 g/mol. The molecule has 0 heterocycles. The molecule has 0 fully saturated rings. The lowest BCUT2D eigenvalue weighted by Crippen LogP contribution is -2.15. The molecule has 1 atom stereocenters. The van der Waals surface area contributed by atoms with Crippen molar-refractivity contribution < 1.29 is 9.13 Å². The summed E-state index contributed by atoms with van der Waals surface area (Å²) < 4.78 is 20.8. The van der Waals surface area contributed by atoms with Crippen LogP contribution in [-0.4, -0.2) is 7.11 Å². The van der Waals surface area contributed by atoms with Gasteiger partial charge in [0.2, 0.25) is 0 Å². The van der Waals surface area contributed by atoms with Gasteiger partial charge >= 0.3 is 0 Å². The summed E-state index contributed by atoms with van der Waals surface area (Å²) in [6.45, 7) is 0. The number of methoxy groups -OCH3 is 1. The van der Waals surface area contributed by atoms with Crippen molar-refractivity contribution in [3.63, 3.8) is 0 Å². The summed E-state index contributed by atoms with van der Waals surface area (Å²) >= 11 is 6.82. The highest BCUT2D eigenvalue weighted by Gasteiger charge is 2.14. The molecule has 0 spiro atoms. The molecule has 2 nitrogen and oxygen atoms in total. The quantitative estimate of drug-likeness (QED) is 0.810. The molecular weight excluding hydrogens is 389 g/mol. The van der Waals surface area contributed by atoms with Crippen LogP contribution in [0.2, 0.25) is 0 Å². The van der Waals surface area contributed by atoms with E-state index in [0.717, 1.165) is 20.3 Å². The molecule has 0 aliphatic carbocycles. The van der Waals surface area contributed by atoms with E-state index < -0.39 is 6.04 Å². The SMILES string of the molecule is COc1ccc(Br)c(CC(N)c2cc(Br)ccc2F)c1. The second-order valence-corrected chi connectivity index (χ2v) is 6.20. The lowest BCUT2D eigenvalue weighted by molar-refractivity contribution is 0.414. The number of halogens is 3. The van der Waals surface area contributed by atoms with Gasteiger partial charge in [0.15, 0.2) is 0 Å². The highest BCUT2D eigenvalue weighted by atomic mass is 79.9. The van der Waals surface area contributed by atoms with E-state index in [4.69, 9.17) is 10.5 Å². The van der Waals surface area contributed by atoms with Crippen LogP contribution in [0.15, 0.2) is 45.3 Å². The molecular formula is C15H14Br2FNO. The van der Waals surface area contributed by atoms with Crippen molar-refractivity contribution in [2.45, 2.75) is 12.5 Å². The van der Waals surface area contributed by atoms with Crippen molar-refractivity contribution in [2.75, 3.05) is 7.11 Å². The van der Waals surface area contributed by atoms with Crippen LogP contribution < -0.4 is 10.5 Å². The van der Waals surface area contributed by atoms with Crippen LogP contribution in [0.4, 0.5) is 4.39 Å². The Labute approximate surface area is 134 Å². The summed E-state index contributed by atoms with van der Waals surface area (Å²) in [6.07, 6.45) is 0.519. The van der Waals surface area contributed by atoms with Crippen LogP contribution >= 0.6 is 31.9 Å². The van der Waals surface area contributed by atoms with Gasteiger partial charge in [-0.2, -0.15) is 0 Å². The zero-order valence-electron chi connectivity index (χ0n) is 10.9. The molecule has 106 valence electrons. The van der Waals surface area contributed by atoms with Gasteiger partial charge in [-0.1, -0.05) is 31.9 Å². The van der Waals surface area contributed by atoms with Crippen LogP contribution in [0.5, 0.6) is 5.75 Å². The van der Waals surface area contributed by atoms with Gasteiger partial charge in [-0.15, -0.1) is 0 Å². The molecule has 2 N–H and O–H groups in total. The van der Waals surface area contributed by atoms with E-state index in [0.29, 0.717) is 12.0 Å². The summed E-state index contributed by atoms with van der Waals surface area (Å²) in [5, 5.41) is 0. The first kappa shape index (κ1) is 15.5. The van der Waals surface area contributed by atoms with Gasteiger partial charge in [-0.25, -0.2) is 4.39 Å². The van der Waals surface area contributed by atoms with E-state index in [9.17, 15) is 4.39 Å². The second kappa shape index (κ2) is 6.70. The molecule has 20 heavy (non-hydrogen) atoms. The predicted octanol–water partition coefficient (Wildman–Crippen LogP) is 4.60. The van der Waals surface area contributed by atoms with Gasteiger partial charge in [0.25, 0.3) is 0 Å². The molecule has 2 aromatic rings. The summed E-state index contributed by atoms with van der Waals surface area (Å²) in [6, 6.07) is 10.0. The van der Waals surface area contributed by atoms with E-state index in [-0.39, 0.29) is 5.82 Å². The smallest absolute Gasteiger partial charge is 0.128 e. The summed E-state index contributed by atoms with van der Waals surface area (Å²) in [4.78, 5) is 0. The number of nitrogens with two attached hydrogens (primary N) is 1. The Balaban J connectivity index is 2.27. The fourth-order valence-corrected chi connectivity index (χ4v) is 2.77.